The van der Waals surface area contributed by atoms with Crippen molar-refractivity contribution in [2.24, 2.45) is 0 Å². The van der Waals surface area contributed by atoms with Crippen molar-refractivity contribution in [3.05, 3.63) is 53.7 Å². The lowest BCUT2D eigenvalue weighted by Crippen LogP contribution is -2.12. The maximum atomic E-state index is 5.94. The van der Waals surface area contributed by atoms with E-state index < -0.39 is 0 Å². The average molecular weight is 270 g/mol. The van der Waals surface area contributed by atoms with Crippen molar-refractivity contribution >= 4 is 0 Å². The third kappa shape index (κ3) is 3.58. The molecule has 0 aliphatic carbocycles. The molecule has 1 aromatic carbocycles. The van der Waals surface area contributed by atoms with Crippen LogP contribution >= 0.6 is 0 Å². The van der Waals surface area contributed by atoms with Gasteiger partial charge in [-0.05, 0) is 24.1 Å². The SMILES string of the molecule is CNCc1ccc(Oc2ccccc2C(C)(C)C)nc1. The molecule has 0 aliphatic rings. The van der Waals surface area contributed by atoms with Crippen molar-refractivity contribution in [1.29, 1.82) is 0 Å². The number of nitrogens with zero attached hydrogens (tertiary/aromatic N) is 1. The second-order valence-corrected chi connectivity index (χ2v) is 5.88. The van der Waals surface area contributed by atoms with Gasteiger partial charge in [-0.3, -0.25) is 0 Å². The van der Waals surface area contributed by atoms with Crippen LogP contribution in [0.25, 0.3) is 0 Å². The lowest BCUT2D eigenvalue weighted by atomic mass is 9.86. The fraction of sp³-hybridized carbons (Fsp3) is 0.353. The van der Waals surface area contributed by atoms with Crippen molar-refractivity contribution in [1.82, 2.24) is 10.3 Å². The second-order valence-electron chi connectivity index (χ2n) is 5.88. The molecular formula is C17H22N2O. The summed E-state index contributed by atoms with van der Waals surface area (Å²) in [6.45, 7) is 7.35. The van der Waals surface area contributed by atoms with Crippen LogP contribution in [0.1, 0.15) is 31.9 Å². The van der Waals surface area contributed by atoms with Crippen LogP contribution in [-0.2, 0) is 12.0 Å². The number of para-hydroxylation sites is 1. The molecule has 0 spiro atoms. The van der Waals surface area contributed by atoms with Gasteiger partial charge in [-0.2, -0.15) is 0 Å². The number of aromatic nitrogens is 1. The van der Waals surface area contributed by atoms with Gasteiger partial charge >= 0.3 is 0 Å². The lowest BCUT2D eigenvalue weighted by molar-refractivity contribution is 0.439. The van der Waals surface area contributed by atoms with Crippen LogP contribution in [0.3, 0.4) is 0 Å². The quantitative estimate of drug-likeness (QED) is 0.915. The Morgan fingerprint density at radius 3 is 2.45 bits per heavy atom. The first-order valence-electron chi connectivity index (χ1n) is 6.87. The summed E-state index contributed by atoms with van der Waals surface area (Å²) in [4.78, 5) is 4.35. The van der Waals surface area contributed by atoms with Crippen LogP contribution < -0.4 is 10.1 Å². The van der Waals surface area contributed by atoms with Gasteiger partial charge in [-0.1, -0.05) is 45.0 Å². The summed E-state index contributed by atoms with van der Waals surface area (Å²) >= 11 is 0. The Labute approximate surface area is 121 Å². The molecule has 0 fully saturated rings. The van der Waals surface area contributed by atoms with Crippen LogP contribution in [-0.4, -0.2) is 12.0 Å². The second kappa shape index (κ2) is 6.06. The standard InChI is InChI=1S/C17H22N2O/c1-17(2,3)14-7-5-6-8-15(14)20-16-10-9-13(11-18-4)12-19-16/h5-10,12,18H,11H2,1-4H3. The van der Waals surface area contributed by atoms with Crippen molar-refractivity contribution < 1.29 is 4.74 Å². The van der Waals surface area contributed by atoms with Crippen molar-refractivity contribution in [3.63, 3.8) is 0 Å². The summed E-state index contributed by atoms with van der Waals surface area (Å²) in [5, 5.41) is 3.10. The van der Waals surface area contributed by atoms with Gasteiger partial charge in [-0.15, -0.1) is 0 Å². The molecule has 0 saturated carbocycles. The minimum atomic E-state index is 0.0443. The molecule has 0 radical (unpaired) electrons. The van der Waals surface area contributed by atoms with Gasteiger partial charge in [0.05, 0.1) is 0 Å². The molecule has 0 unspecified atom stereocenters. The largest absolute Gasteiger partial charge is 0.439 e. The van der Waals surface area contributed by atoms with Crippen LogP contribution in [0, 0.1) is 0 Å². The summed E-state index contributed by atoms with van der Waals surface area (Å²) in [5.74, 6) is 1.50. The van der Waals surface area contributed by atoms with Gasteiger partial charge in [0.2, 0.25) is 5.88 Å². The monoisotopic (exact) mass is 270 g/mol. The number of pyridine rings is 1. The zero-order valence-electron chi connectivity index (χ0n) is 12.6. The maximum Gasteiger partial charge on any atom is 0.219 e. The smallest absolute Gasteiger partial charge is 0.219 e. The fourth-order valence-corrected chi connectivity index (χ4v) is 2.07. The summed E-state index contributed by atoms with van der Waals surface area (Å²) < 4.78 is 5.94. The molecule has 2 aromatic rings. The van der Waals surface area contributed by atoms with E-state index in [0.29, 0.717) is 5.88 Å². The molecular weight excluding hydrogens is 248 g/mol. The summed E-state index contributed by atoms with van der Waals surface area (Å²) in [5.41, 5.74) is 2.37. The topological polar surface area (TPSA) is 34.1 Å². The van der Waals surface area contributed by atoms with Gasteiger partial charge < -0.3 is 10.1 Å². The molecule has 0 saturated heterocycles. The first-order chi connectivity index (χ1) is 9.50. The highest BCUT2D eigenvalue weighted by Crippen LogP contribution is 2.33. The Morgan fingerprint density at radius 2 is 1.85 bits per heavy atom. The number of nitrogens with one attached hydrogen (secondary N) is 1. The molecule has 1 heterocycles. The zero-order chi connectivity index (χ0) is 14.6. The van der Waals surface area contributed by atoms with Gasteiger partial charge in [0.15, 0.2) is 0 Å². The first-order valence-corrected chi connectivity index (χ1v) is 6.87. The molecule has 3 heteroatoms. The van der Waals surface area contributed by atoms with E-state index in [9.17, 15) is 0 Å². The van der Waals surface area contributed by atoms with Gasteiger partial charge in [0, 0.05) is 24.4 Å². The van der Waals surface area contributed by atoms with Crippen LogP contribution in [0.5, 0.6) is 11.6 Å². The molecule has 3 nitrogen and oxygen atoms in total. The predicted octanol–water partition coefficient (Wildman–Crippen LogP) is 3.89. The number of ether oxygens (including phenoxy) is 1. The molecule has 106 valence electrons. The third-order valence-electron chi connectivity index (χ3n) is 3.09. The summed E-state index contributed by atoms with van der Waals surface area (Å²) in [6, 6.07) is 12.1. The Balaban J connectivity index is 2.22. The lowest BCUT2D eigenvalue weighted by Gasteiger charge is -2.22. The molecule has 2 rings (SSSR count). The normalized spacial score (nSPS) is 11.4. The molecule has 1 aromatic heterocycles. The van der Waals surface area contributed by atoms with Crippen LogP contribution in [0.4, 0.5) is 0 Å². The first kappa shape index (κ1) is 14.5. The summed E-state index contributed by atoms with van der Waals surface area (Å²) in [7, 11) is 1.92. The highest BCUT2D eigenvalue weighted by Gasteiger charge is 2.18. The highest BCUT2D eigenvalue weighted by atomic mass is 16.5. The Morgan fingerprint density at radius 1 is 1.10 bits per heavy atom. The van der Waals surface area contributed by atoms with Crippen LogP contribution in [0.2, 0.25) is 0 Å². The van der Waals surface area contributed by atoms with Crippen molar-refractivity contribution in [2.75, 3.05) is 7.05 Å². The Kier molecular flexibility index (Phi) is 4.40. The molecule has 1 N–H and O–H groups in total. The molecule has 20 heavy (non-hydrogen) atoms. The Hall–Kier alpha value is -1.87. The number of hydrogen-bond acceptors (Lipinski definition) is 3. The highest BCUT2D eigenvalue weighted by molar-refractivity contribution is 5.40. The Bertz CT molecular complexity index is 556. The molecule has 0 atom stereocenters. The van der Waals surface area contributed by atoms with E-state index in [1.165, 1.54) is 5.56 Å². The molecule has 0 aliphatic heterocycles. The maximum absolute atomic E-state index is 5.94. The van der Waals surface area contributed by atoms with Gasteiger partial charge in [0.25, 0.3) is 0 Å². The van der Waals surface area contributed by atoms with E-state index >= 15 is 0 Å². The van der Waals surface area contributed by atoms with Crippen molar-refractivity contribution in [3.8, 4) is 11.6 Å². The zero-order valence-corrected chi connectivity index (χ0v) is 12.6. The average Bonchev–Trinajstić information content (AvgIpc) is 2.41. The minimum Gasteiger partial charge on any atom is -0.439 e. The van der Waals surface area contributed by atoms with E-state index in [-0.39, 0.29) is 5.41 Å². The fourth-order valence-electron chi connectivity index (χ4n) is 2.07. The van der Waals surface area contributed by atoms with E-state index in [1.807, 2.05) is 43.6 Å². The summed E-state index contributed by atoms with van der Waals surface area (Å²) in [6.07, 6.45) is 1.84. The third-order valence-corrected chi connectivity index (χ3v) is 3.09. The minimum absolute atomic E-state index is 0.0443. The number of benzene rings is 1. The van der Waals surface area contributed by atoms with Gasteiger partial charge in [0.1, 0.15) is 5.75 Å². The van der Waals surface area contributed by atoms with E-state index in [1.54, 1.807) is 0 Å². The van der Waals surface area contributed by atoms with E-state index in [0.717, 1.165) is 17.9 Å². The molecule has 0 bridgehead atoms. The predicted molar refractivity (Wildman–Crippen MR) is 82.2 cm³/mol. The van der Waals surface area contributed by atoms with Gasteiger partial charge in [-0.25, -0.2) is 4.98 Å². The van der Waals surface area contributed by atoms with E-state index in [2.05, 4.69) is 37.1 Å². The van der Waals surface area contributed by atoms with E-state index in [4.69, 9.17) is 4.74 Å². The van der Waals surface area contributed by atoms with Crippen molar-refractivity contribution in [2.45, 2.75) is 32.7 Å². The number of rotatable bonds is 4. The van der Waals surface area contributed by atoms with Crippen LogP contribution in [0.15, 0.2) is 42.6 Å². The molecule has 0 amide bonds. The number of hydrogen-bond donors (Lipinski definition) is 1.